The van der Waals surface area contributed by atoms with Gasteiger partial charge in [0.15, 0.2) is 0 Å². The van der Waals surface area contributed by atoms with Gasteiger partial charge >= 0.3 is 0 Å². The van der Waals surface area contributed by atoms with Crippen molar-refractivity contribution in [1.29, 1.82) is 0 Å². The predicted octanol–water partition coefficient (Wildman–Crippen LogP) is 2.61. The molecule has 16 heavy (non-hydrogen) atoms. The van der Waals surface area contributed by atoms with E-state index in [4.69, 9.17) is 4.74 Å². The SMILES string of the molecule is CCCC(COC)n1cc(C)nc1NCC. The van der Waals surface area contributed by atoms with Gasteiger partial charge in [-0.05, 0) is 20.3 Å². The fourth-order valence-corrected chi connectivity index (χ4v) is 1.91. The molecule has 4 nitrogen and oxygen atoms in total. The second-order valence-corrected chi connectivity index (χ2v) is 4.04. The van der Waals surface area contributed by atoms with Crippen LogP contribution in [-0.4, -0.2) is 29.8 Å². The quantitative estimate of drug-likeness (QED) is 0.775. The normalized spacial score (nSPS) is 12.8. The highest BCUT2D eigenvalue weighted by Crippen LogP contribution is 2.20. The maximum absolute atomic E-state index is 5.28. The van der Waals surface area contributed by atoms with Gasteiger partial charge in [0.1, 0.15) is 0 Å². The molecule has 0 saturated carbocycles. The third-order valence-corrected chi connectivity index (χ3v) is 2.56. The Morgan fingerprint density at radius 3 is 2.81 bits per heavy atom. The summed E-state index contributed by atoms with van der Waals surface area (Å²) in [4.78, 5) is 4.48. The highest BCUT2D eigenvalue weighted by atomic mass is 16.5. The molecule has 1 rings (SSSR count). The minimum atomic E-state index is 0.380. The van der Waals surface area contributed by atoms with Crippen molar-refractivity contribution in [2.75, 3.05) is 25.6 Å². The Labute approximate surface area is 98.0 Å². The first-order valence-electron chi connectivity index (χ1n) is 6.01. The zero-order valence-corrected chi connectivity index (χ0v) is 10.8. The Morgan fingerprint density at radius 1 is 1.50 bits per heavy atom. The molecule has 92 valence electrons. The van der Waals surface area contributed by atoms with Crippen molar-refractivity contribution in [2.45, 2.75) is 39.7 Å². The summed E-state index contributed by atoms with van der Waals surface area (Å²) >= 11 is 0. The first-order chi connectivity index (χ1) is 7.72. The van der Waals surface area contributed by atoms with Gasteiger partial charge in [-0.1, -0.05) is 13.3 Å². The average Bonchev–Trinajstić information content (AvgIpc) is 2.60. The highest BCUT2D eigenvalue weighted by molar-refractivity contribution is 5.29. The van der Waals surface area contributed by atoms with Crippen molar-refractivity contribution >= 4 is 5.95 Å². The Kier molecular flexibility index (Phi) is 5.32. The second-order valence-electron chi connectivity index (χ2n) is 4.04. The van der Waals surface area contributed by atoms with Crippen molar-refractivity contribution in [1.82, 2.24) is 9.55 Å². The second kappa shape index (κ2) is 6.53. The molecule has 1 aromatic heterocycles. The van der Waals surface area contributed by atoms with Crippen LogP contribution in [0.1, 0.15) is 38.4 Å². The molecule has 4 heteroatoms. The number of anilines is 1. The molecule has 1 heterocycles. The van der Waals surface area contributed by atoms with E-state index in [-0.39, 0.29) is 0 Å². The maximum atomic E-state index is 5.28. The van der Waals surface area contributed by atoms with Crippen molar-refractivity contribution in [2.24, 2.45) is 0 Å². The number of hydrogen-bond donors (Lipinski definition) is 1. The van der Waals surface area contributed by atoms with E-state index in [9.17, 15) is 0 Å². The number of imidazole rings is 1. The van der Waals surface area contributed by atoms with E-state index in [1.807, 2.05) is 6.92 Å². The molecule has 0 aliphatic heterocycles. The average molecular weight is 225 g/mol. The Hall–Kier alpha value is -1.03. The number of rotatable bonds is 7. The van der Waals surface area contributed by atoms with E-state index in [2.05, 4.69) is 34.9 Å². The molecule has 1 N–H and O–H groups in total. The summed E-state index contributed by atoms with van der Waals surface area (Å²) in [6, 6.07) is 0.380. The van der Waals surface area contributed by atoms with Crippen LogP contribution in [0.3, 0.4) is 0 Å². The summed E-state index contributed by atoms with van der Waals surface area (Å²) < 4.78 is 7.48. The van der Waals surface area contributed by atoms with Gasteiger partial charge in [-0.3, -0.25) is 0 Å². The van der Waals surface area contributed by atoms with Crippen molar-refractivity contribution < 1.29 is 4.74 Å². The largest absolute Gasteiger partial charge is 0.383 e. The van der Waals surface area contributed by atoms with E-state index in [0.29, 0.717) is 6.04 Å². The van der Waals surface area contributed by atoms with Gasteiger partial charge < -0.3 is 14.6 Å². The molecule has 0 spiro atoms. The predicted molar refractivity (Wildman–Crippen MR) is 66.9 cm³/mol. The molecule has 1 unspecified atom stereocenters. The molecular formula is C12H23N3O. The Morgan fingerprint density at radius 2 is 2.25 bits per heavy atom. The summed E-state index contributed by atoms with van der Waals surface area (Å²) in [5.74, 6) is 0.954. The first-order valence-corrected chi connectivity index (χ1v) is 6.01. The molecule has 0 aromatic carbocycles. The zero-order valence-electron chi connectivity index (χ0n) is 10.8. The van der Waals surface area contributed by atoms with Gasteiger partial charge in [-0.15, -0.1) is 0 Å². The number of aromatic nitrogens is 2. The number of aryl methyl sites for hydroxylation is 1. The topological polar surface area (TPSA) is 39.1 Å². The van der Waals surface area contributed by atoms with E-state index in [1.54, 1.807) is 7.11 Å². The molecule has 1 atom stereocenters. The van der Waals surface area contributed by atoms with Gasteiger partial charge in [0.25, 0.3) is 0 Å². The van der Waals surface area contributed by atoms with Crippen LogP contribution >= 0.6 is 0 Å². The fraction of sp³-hybridized carbons (Fsp3) is 0.750. The van der Waals surface area contributed by atoms with Crippen LogP contribution in [0.5, 0.6) is 0 Å². The van der Waals surface area contributed by atoms with Crippen LogP contribution in [0.4, 0.5) is 5.95 Å². The first kappa shape index (κ1) is 13.0. The Balaban J connectivity index is 2.87. The number of nitrogens with one attached hydrogen (secondary N) is 1. The highest BCUT2D eigenvalue weighted by Gasteiger charge is 2.14. The lowest BCUT2D eigenvalue weighted by Crippen LogP contribution is -2.17. The summed E-state index contributed by atoms with van der Waals surface area (Å²) in [6.07, 6.45) is 4.36. The van der Waals surface area contributed by atoms with Gasteiger partial charge in [0.05, 0.1) is 18.3 Å². The minimum Gasteiger partial charge on any atom is -0.383 e. The van der Waals surface area contributed by atoms with Crippen LogP contribution in [0.15, 0.2) is 6.20 Å². The molecule has 0 radical (unpaired) electrons. The molecule has 0 aliphatic rings. The number of ether oxygens (including phenoxy) is 1. The molecule has 0 bridgehead atoms. The summed E-state index contributed by atoms with van der Waals surface area (Å²) in [7, 11) is 1.75. The van der Waals surface area contributed by atoms with Crippen LogP contribution in [-0.2, 0) is 4.74 Å². The maximum Gasteiger partial charge on any atom is 0.203 e. The summed E-state index contributed by atoms with van der Waals surface area (Å²) in [6.45, 7) is 7.93. The number of hydrogen-bond acceptors (Lipinski definition) is 3. The third kappa shape index (κ3) is 3.23. The lowest BCUT2D eigenvalue weighted by molar-refractivity contribution is 0.151. The number of methoxy groups -OCH3 is 1. The molecule has 0 amide bonds. The molecule has 0 fully saturated rings. The smallest absolute Gasteiger partial charge is 0.203 e. The molecular weight excluding hydrogens is 202 g/mol. The zero-order chi connectivity index (χ0) is 12.0. The molecule has 1 aromatic rings. The van der Waals surface area contributed by atoms with E-state index >= 15 is 0 Å². The van der Waals surface area contributed by atoms with E-state index in [1.165, 1.54) is 0 Å². The van der Waals surface area contributed by atoms with Crippen molar-refractivity contribution in [3.05, 3.63) is 11.9 Å². The molecule has 0 aliphatic carbocycles. The van der Waals surface area contributed by atoms with Crippen LogP contribution in [0.2, 0.25) is 0 Å². The van der Waals surface area contributed by atoms with Crippen LogP contribution in [0.25, 0.3) is 0 Å². The van der Waals surface area contributed by atoms with Crippen LogP contribution < -0.4 is 5.32 Å². The fourth-order valence-electron chi connectivity index (χ4n) is 1.91. The monoisotopic (exact) mass is 225 g/mol. The van der Waals surface area contributed by atoms with Crippen molar-refractivity contribution in [3.63, 3.8) is 0 Å². The van der Waals surface area contributed by atoms with Crippen LogP contribution in [0, 0.1) is 6.92 Å². The van der Waals surface area contributed by atoms with Gasteiger partial charge in [0, 0.05) is 19.9 Å². The third-order valence-electron chi connectivity index (χ3n) is 2.56. The molecule has 0 saturated heterocycles. The van der Waals surface area contributed by atoms with Gasteiger partial charge in [-0.25, -0.2) is 4.98 Å². The van der Waals surface area contributed by atoms with Gasteiger partial charge in [-0.2, -0.15) is 0 Å². The lowest BCUT2D eigenvalue weighted by Gasteiger charge is -2.19. The number of nitrogens with zero attached hydrogens (tertiary/aromatic N) is 2. The standard InChI is InChI=1S/C12H23N3O/c1-5-7-11(9-16-4)15-8-10(3)14-12(15)13-6-2/h8,11H,5-7,9H2,1-4H3,(H,13,14). The Bertz CT molecular complexity index is 303. The van der Waals surface area contributed by atoms with E-state index in [0.717, 1.165) is 37.6 Å². The van der Waals surface area contributed by atoms with Crippen molar-refractivity contribution in [3.8, 4) is 0 Å². The lowest BCUT2D eigenvalue weighted by atomic mass is 10.2. The summed E-state index contributed by atoms with van der Waals surface area (Å²) in [5.41, 5.74) is 1.05. The summed E-state index contributed by atoms with van der Waals surface area (Å²) in [5, 5.41) is 3.29. The van der Waals surface area contributed by atoms with Gasteiger partial charge in [0.2, 0.25) is 5.95 Å². The van der Waals surface area contributed by atoms with E-state index < -0.39 is 0 Å². The minimum absolute atomic E-state index is 0.380.